The van der Waals surface area contributed by atoms with E-state index in [1.807, 2.05) is 30.3 Å². The first-order valence-electron chi connectivity index (χ1n) is 11.2. The number of aromatic amines is 1. The summed E-state index contributed by atoms with van der Waals surface area (Å²) in [5.74, 6) is -2.61. The second-order valence-corrected chi connectivity index (χ2v) is 8.40. The highest BCUT2D eigenvalue weighted by Gasteiger charge is 2.37. The molecule has 1 aromatic heterocycles. The molecule has 1 saturated heterocycles. The van der Waals surface area contributed by atoms with Gasteiger partial charge in [-0.2, -0.15) is 0 Å². The van der Waals surface area contributed by atoms with Crippen LogP contribution >= 0.6 is 0 Å². The van der Waals surface area contributed by atoms with Crippen molar-refractivity contribution in [1.29, 1.82) is 0 Å². The van der Waals surface area contributed by atoms with Crippen molar-refractivity contribution in [3.05, 3.63) is 54.1 Å². The number of H-pyrrole nitrogens is 1. The molecule has 4 atom stereocenters. The van der Waals surface area contributed by atoms with Gasteiger partial charge in [0.1, 0.15) is 18.1 Å². The number of carboxylic acid groups (broad SMARTS) is 1. The molecule has 4 unspecified atom stereocenters. The van der Waals surface area contributed by atoms with Crippen LogP contribution in [-0.4, -0.2) is 74.4 Å². The molecule has 1 aliphatic rings. The predicted octanol–water partition coefficient (Wildman–Crippen LogP) is -0.413. The molecule has 0 bridgehead atoms. The Bertz CT molecular complexity index is 997. The second kappa shape index (κ2) is 11.4. The van der Waals surface area contributed by atoms with Crippen LogP contribution in [0, 0.1) is 0 Å². The van der Waals surface area contributed by atoms with Crippen molar-refractivity contribution in [3.63, 3.8) is 0 Å². The van der Waals surface area contributed by atoms with Crippen LogP contribution in [-0.2, 0) is 32.0 Å². The van der Waals surface area contributed by atoms with Gasteiger partial charge in [-0.05, 0) is 25.3 Å². The van der Waals surface area contributed by atoms with E-state index in [-0.39, 0.29) is 12.8 Å². The van der Waals surface area contributed by atoms with Gasteiger partial charge < -0.3 is 31.4 Å². The van der Waals surface area contributed by atoms with Gasteiger partial charge >= 0.3 is 5.97 Å². The zero-order chi connectivity index (χ0) is 24.7. The Labute approximate surface area is 197 Å². The van der Waals surface area contributed by atoms with E-state index >= 15 is 0 Å². The maximum absolute atomic E-state index is 13.1. The third-order valence-electron chi connectivity index (χ3n) is 5.80. The van der Waals surface area contributed by atoms with Gasteiger partial charge in [0.2, 0.25) is 17.7 Å². The smallest absolute Gasteiger partial charge is 0.326 e. The van der Waals surface area contributed by atoms with E-state index in [9.17, 15) is 24.3 Å². The van der Waals surface area contributed by atoms with E-state index in [0.29, 0.717) is 25.1 Å². The number of nitrogens with zero attached hydrogens (tertiary/aromatic N) is 2. The van der Waals surface area contributed by atoms with Gasteiger partial charge in [-0.3, -0.25) is 14.4 Å². The molecule has 2 aromatic rings. The molecule has 182 valence electrons. The fourth-order valence-corrected chi connectivity index (χ4v) is 3.98. The summed E-state index contributed by atoms with van der Waals surface area (Å²) < 4.78 is 0. The third kappa shape index (κ3) is 6.41. The molecule has 0 saturated carbocycles. The Balaban J connectivity index is 1.67. The number of carbonyl (C=O) groups excluding carboxylic acids is 3. The van der Waals surface area contributed by atoms with Gasteiger partial charge in [0.05, 0.1) is 12.4 Å². The van der Waals surface area contributed by atoms with E-state index in [0.717, 1.165) is 5.56 Å². The maximum atomic E-state index is 13.1. The number of rotatable bonds is 10. The summed E-state index contributed by atoms with van der Waals surface area (Å²) in [7, 11) is 0. The van der Waals surface area contributed by atoms with Gasteiger partial charge in [-0.1, -0.05) is 30.3 Å². The highest BCUT2D eigenvalue weighted by atomic mass is 16.4. The highest BCUT2D eigenvalue weighted by molar-refractivity contribution is 5.94. The molecule has 0 spiro atoms. The molecule has 11 nitrogen and oxygen atoms in total. The molecule has 34 heavy (non-hydrogen) atoms. The first-order valence-corrected chi connectivity index (χ1v) is 11.2. The summed E-state index contributed by atoms with van der Waals surface area (Å²) in [4.78, 5) is 58.1. The number of likely N-dealkylation sites (tertiary alicyclic amines) is 1. The van der Waals surface area contributed by atoms with Crippen LogP contribution in [0.3, 0.4) is 0 Å². The Kier molecular flexibility index (Phi) is 8.36. The van der Waals surface area contributed by atoms with Crippen LogP contribution in [0.15, 0.2) is 42.9 Å². The minimum atomic E-state index is -1.06. The van der Waals surface area contributed by atoms with E-state index in [1.165, 1.54) is 18.2 Å². The van der Waals surface area contributed by atoms with Crippen molar-refractivity contribution in [2.75, 3.05) is 6.54 Å². The normalized spacial score (nSPS) is 18.1. The van der Waals surface area contributed by atoms with Crippen LogP contribution in [0.1, 0.15) is 31.0 Å². The number of benzene rings is 1. The van der Waals surface area contributed by atoms with E-state index in [4.69, 9.17) is 5.73 Å². The fourth-order valence-electron chi connectivity index (χ4n) is 3.98. The number of carboxylic acids is 1. The first-order chi connectivity index (χ1) is 16.3. The summed E-state index contributed by atoms with van der Waals surface area (Å²) >= 11 is 0. The van der Waals surface area contributed by atoms with Crippen LogP contribution < -0.4 is 16.4 Å². The Morgan fingerprint density at radius 3 is 2.56 bits per heavy atom. The van der Waals surface area contributed by atoms with Crippen molar-refractivity contribution in [1.82, 2.24) is 25.5 Å². The number of nitrogens with one attached hydrogen (secondary N) is 3. The van der Waals surface area contributed by atoms with Gasteiger partial charge in [-0.15, -0.1) is 0 Å². The van der Waals surface area contributed by atoms with Crippen molar-refractivity contribution >= 4 is 23.7 Å². The summed E-state index contributed by atoms with van der Waals surface area (Å²) in [6.45, 7) is 1.82. The number of nitrogens with two attached hydrogens (primary N) is 1. The summed E-state index contributed by atoms with van der Waals surface area (Å²) in [6, 6.07) is 5.39. The SMILES string of the molecule is CC(NC(=O)C(Cc1ccccc1)NC(=O)C(N)Cc1cnc[nH]1)C(=O)N1CCCC1C(=O)O. The number of carbonyl (C=O) groups is 4. The van der Waals surface area contributed by atoms with Crippen LogP contribution in [0.4, 0.5) is 0 Å². The van der Waals surface area contributed by atoms with Gasteiger partial charge in [-0.25, -0.2) is 9.78 Å². The number of amides is 3. The maximum Gasteiger partial charge on any atom is 0.326 e. The van der Waals surface area contributed by atoms with Crippen molar-refractivity contribution in [2.24, 2.45) is 5.73 Å². The number of aromatic nitrogens is 2. The molecule has 1 fully saturated rings. The molecule has 3 amide bonds. The molecule has 1 aromatic carbocycles. The lowest BCUT2D eigenvalue weighted by Crippen LogP contribution is -2.57. The quantitative estimate of drug-likeness (QED) is 0.314. The summed E-state index contributed by atoms with van der Waals surface area (Å²) in [6.07, 6.45) is 4.42. The minimum absolute atomic E-state index is 0.192. The molecule has 6 N–H and O–H groups in total. The lowest BCUT2D eigenvalue weighted by Gasteiger charge is -2.27. The van der Waals surface area contributed by atoms with Gasteiger partial charge in [0.15, 0.2) is 0 Å². The van der Waals surface area contributed by atoms with Crippen molar-refractivity contribution in [2.45, 2.75) is 56.8 Å². The third-order valence-corrected chi connectivity index (χ3v) is 5.80. The number of hydrogen-bond donors (Lipinski definition) is 5. The van der Waals surface area contributed by atoms with Crippen LogP contribution in [0.5, 0.6) is 0 Å². The second-order valence-electron chi connectivity index (χ2n) is 8.40. The Hall–Kier alpha value is -3.73. The summed E-state index contributed by atoms with van der Waals surface area (Å²) in [5, 5.41) is 14.7. The van der Waals surface area contributed by atoms with E-state index < -0.39 is 47.9 Å². The Morgan fingerprint density at radius 1 is 1.18 bits per heavy atom. The average Bonchev–Trinajstić information content (AvgIpc) is 3.51. The molecule has 0 radical (unpaired) electrons. The molecular weight excluding hydrogens is 440 g/mol. The molecule has 3 rings (SSSR count). The van der Waals surface area contributed by atoms with Crippen molar-refractivity contribution in [3.8, 4) is 0 Å². The van der Waals surface area contributed by atoms with Crippen molar-refractivity contribution < 1.29 is 24.3 Å². The van der Waals surface area contributed by atoms with E-state index in [2.05, 4.69) is 20.6 Å². The predicted molar refractivity (Wildman–Crippen MR) is 122 cm³/mol. The molecular formula is C23H30N6O5. The zero-order valence-corrected chi connectivity index (χ0v) is 18.9. The molecule has 1 aliphatic heterocycles. The number of hydrogen-bond acceptors (Lipinski definition) is 6. The highest BCUT2D eigenvalue weighted by Crippen LogP contribution is 2.18. The number of imidazole rings is 1. The first kappa shape index (κ1) is 24.9. The monoisotopic (exact) mass is 470 g/mol. The fraction of sp³-hybridized carbons (Fsp3) is 0.435. The van der Waals surface area contributed by atoms with Crippen LogP contribution in [0.25, 0.3) is 0 Å². The average molecular weight is 471 g/mol. The van der Waals surface area contributed by atoms with Gasteiger partial charge in [0.25, 0.3) is 0 Å². The molecule has 0 aliphatic carbocycles. The largest absolute Gasteiger partial charge is 0.480 e. The zero-order valence-electron chi connectivity index (χ0n) is 18.9. The molecule has 11 heteroatoms. The summed E-state index contributed by atoms with van der Waals surface area (Å²) in [5.41, 5.74) is 7.52. The topological polar surface area (TPSA) is 171 Å². The lowest BCUT2D eigenvalue weighted by molar-refractivity contribution is -0.149. The van der Waals surface area contributed by atoms with Crippen LogP contribution in [0.2, 0.25) is 0 Å². The Morgan fingerprint density at radius 2 is 1.91 bits per heavy atom. The number of aliphatic carboxylic acids is 1. The molecule has 2 heterocycles. The minimum Gasteiger partial charge on any atom is -0.480 e. The standard InChI is InChI=1S/C23H30N6O5/c1-14(22(32)29-9-5-8-19(29)23(33)34)27-21(31)18(10-15-6-3-2-4-7-15)28-20(30)17(24)11-16-12-25-13-26-16/h2-4,6-7,12-14,17-19H,5,8-11,24H2,1H3,(H,25,26)(H,27,31)(H,28,30)(H,33,34). The lowest BCUT2D eigenvalue weighted by atomic mass is 10.0. The van der Waals surface area contributed by atoms with E-state index in [1.54, 1.807) is 6.20 Å². The van der Waals surface area contributed by atoms with Gasteiger partial charge in [0, 0.05) is 31.3 Å².